The van der Waals surface area contributed by atoms with Crippen LogP contribution in [-0.2, 0) is 54.1 Å². The van der Waals surface area contributed by atoms with Gasteiger partial charge in [-0.05, 0) is 50.7 Å². The molecule has 0 radical (unpaired) electrons. The van der Waals surface area contributed by atoms with Gasteiger partial charge < -0.3 is 19.3 Å². The number of hydrogen-bond acceptors (Lipinski definition) is 11. The van der Waals surface area contributed by atoms with Crippen molar-refractivity contribution in [3.05, 3.63) is 69.7 Å². The first-order valence-corrected chi connectivity index (χ1v) is 22.3. The largest absolute Gasteiger partial charge is 0.481 e. The van der Waals surface area contributed by atoms with Crippen LogP contribution in [0.5, 0.6) is 0 Å². The Labute approximate surface area is 385 Å². The van der Waals surface area contributed by atoms with Gasteiger partial charge in [0, 0.05) is 72.8 Å². The lowest BCUT2D eigenvalue weighted by molar-refractivity contribution is -0.159. The topological polar surface area (TPSA) is 191 Å². The third kappa shape index (κ3) is 14.5. The lowest BCUT2D eigenvalue weighted by atomic mass is 9.74. The van der Waals surface area contributed by atoms with Gasteiger partial charge in [-0.3, -0.25) is 38.6 Å². The van der Waals surface area contributed by atoms with Gasteiger partial charge in [0.25, 0.3) is 0 Å². The zero-order chi connectivity index (χ0) is 47.7. The van der Waals surface area contributed by atoms with Gasteiger partial charge >= 0.3 is 24.1 Å². The lowest BCUT2D eigenvalue weighted by Gasteiger charge is -2.43. The van der Waals surface area contributed by atoms with Crippen LogP contribution >= 0.6 is 34.8 Å². The molecule has 2 aliphatic rings. The van der Waals surface area contributed by atoms with E-state index in [2.05, 4.69) is 0 Å². The van der Waals surface area contributed by atoms with Gasteiger partial charge in [-0.2, -0.15) is 0 Å². The summed E-state index contributed by atoms with van der Waals surface area (Å²) in [7, 11) is 3.04. The molecular weight excluding hydrogens is 879 g/mol. The number of esters is 1. The molecule has 4 atom stereocenters. The number of hydrogen-bond donors (Lipinski definition) is 1. The molecule has 17 heteroatoms. The molecule has 2 saturated carbocycles. The number of halogens is 3. The molecule has 4 rings (SSSR count). The minimum Gasteiger partial charge on any atom is -0.481 e. The number of nitrogens with zero attached hydrogens (tertiary/aromatic N) is 2. The van der Waals surface area contributed by atoms with Gasteiger partial charge in [-0.15, -0.1) is 0 Å². The maximum atomic E-state index is 13.0. The Morgan fingerprint density at radius 3 is 1.40 bits per heavy atom. The van der Waals surface area contributed by atoms with Crippen LogP contribution in [0.2, 0.25) is 10.0 Å². The number of alkyl halides is 1. The molecule has 0 heterocycles. The number of amides is 2. The van der Waals surface area contributed by atoms with Crippen LogP contribution in [0.15, 0.2) is 48.5 Å². The number of carbonyl (C=O) groups is 8. The van der Waals surface area contributed by atoms with Crippen molar-refractivity contribution >= 4 is 82.1 Å². The molecule has 0 saturated heterocycles. The predicted molar refractivity (Wildman–Crippen MR) is 238 cm³/mol. The van der Waals surface area contributed by atoms with Crippen LogP contribution in [0.25, 0.3) is 0 Å². The Balaban J connectivity index is 0.000000366. The number of carboxylic acid groups (broad SMARTS) is 1. The van der Waals surface area contributed by atoms with E-state index in [4.69, 9.17) is 54.1 Å². The monoisotopic (exact) mass is 938 g/mol. The first kappa shape index (κ1) is 54.6. The number of Topliss-reactive ketones (excluding diaryl/α,β-unsaturated/α-hetero) is 4. The third-order valence-corrected chi connectivity index (χ3v) is 12.1. The van der Waals surface area contributed by atoms with Crippen molar-refractivity contribution in [2.45, 2.75) is 117 Å². The number of benzene rings is 2. The quantitative estimate of drug-likeness (QED) is 0.101. The summed E-state index contributed by atoms with van der Waals surface area (Å²) < 4.78 is 15.0. The van der Waals surface area contributed by atoms with Crippen molar-refractivity contribution in [2.24, 2.45) is 23.7 Å². The van der Waals surface area contributed by atoms with Gasteiger partial charge in [-0.25, -0.2) is 9.59 Å². The van der Waals surface area contributed by atoms with Crippen molar-refractivity contribution in [2.75, 3.05) is 27.0 Å². The molecule has 2 aliphatic carbocycles. The summed E-state index contributed by atoms with van der Waals surface area (Å²) in [6, 6.07) is 13.8. The number of likely N-dealkylation sites (N-methyl/N-ethyl adjacent to an activating group) is 2. The van der Waals surface area contributed by atoms with E-state index in [9.17, 15) is 38.4 Å². The summed E-state index contributed by atoms with van der Waals surface area (Å²) in [6.07, 6.45) is 3.67. The first-order chi connectivity index (χ1) is 29.6. The molecule has 0 unspecified atom stereocenters. The Bertz CT molecular complexity index is 1940. The van der Waals surface area contributed by atoms with Gasteiger partial charge in [0.2, 0.25) is 6.79 Å². The average Bonchev–Trinajstić information content (AvgIpc) is 3.24. The molecule has 2 aromatic rings. The first-order valence-electron chi connectivity index (χ1n) is 21.0. The highest BCUT2D eigenvalue weighted by molar-refractivity contribution is 6.32. The van der Waals surface area contributed by atoms with E-state index in [1.54, 1.807) is 91.1 Å². The minimum absolute atomic E-state index is 0.0138. The number of ether oxygens (including phenoxy) is 3. The fourth-order valence-electron chi connectivity index (χ4n) is 7.34. The highest BCUT2D eigenvalue weighted by Crippen LogP contribution is 2.44. The van der Waals surface area contributed by atoms with E-state index in [0.717, 1.165) is 25.7 Å². The molecule has 2 fully saturated rings. The Morgan fingerprint density at radius 2 is 1.03 bits per heavy atom. The zero-order valence-corrected chi connectivity index (χ0v) is 39.6. The van der Waals surface area contributed by atoms with Crippen LogP contribution in [0.1, 0.15) is 117 Å². The predicted octanol–water partition coefficient (Wildman–Crippen LogP) is 9.76. The van der Waals surface area contributed by atoms with Gasteiger partial charge in [0.05, 0.1) is 11.8 Å². The molecular formula is C46H61Cl3N2O12. The van der Waals surface area contributed by atoms with Crippen LogP contribution in [0.4, 0.5) is 9.59 Å². The van der Waals surface area contributed by atoms with Crippen LogP contribution in [0, 0.1) is 23.7 Å². The molecule has 2 aromatic carbocycles. The van der Waals surface area contributed by atoms with Gasteiger partial charge in [0.1, 0.15) is 22.6 Å². The number of carboxylic acids is 1. The molecule has 348 valence electrons. The molecule has 14 nitrogen and oxygen atoms in total. The van der Waals surface area contributed by atoms with Crippen LogP contribution in [-0.4, -0.2) is 89.1 Å². The van der Waals surface area contributed by atoms with E-state index in [0.29, 0.717) is 46.9 Å². The summed E-state index contributed by atoms with van der Waals surface area (Å²) in [5.41, 5.74) is -1.10. The zero-order valence-electron chi connectivity index (χ0n) is 37.4. The highest BCUT2D eigenvalue weighted by Gasteiger charge is 2.50. The summed E-state index contributed by atoms with van der Waals surface area (Å²) in [5.74, 6) is -3.10. The summed E-state index contributed by atoms with van der Waals surface area (Å²) >= 11 is 18.1. The fourth-order valence-corrected chi connectivity index (χ4v) is 8.01. The molecule has 0 aliphatic heterocycles. The van der Waals surface area contributed by atoms with E-state index >= 15 is 0 Å². The molecule has 63 heavy (non-hydrogen) atoms. The Hall–Kier alpha value is -4.53. The molecule has 0 aromatic heterocycles. The fraction of sp³-hybridized carbons (Fsp3) is 0.565. The van der Waals surface area contributed by atoms with Crippen molar-refractivity contribution in [3.63, 3.8) is 0 Å². The van der Waals surface area contributed by atoms with E-state index in [-0.39, 0.29) is 53.9 Å². The standard InChI is InChI=1S/C23H30ClNO6.C15H17Cl2NO3.C8H14O3/c1-15(2)19(26)13-16(3)21(28)30-14-31-22(29)25(4)23(12-8-7-11-20(23)27)17-9-5-6-10-18(17)24;1-18(14(20)21-10-16)15(9-5-4-8-13(15)19)11-6-2-3-7-12(11)17;1-5(2)7(9)4-6(3)8(10)11/h5-6,9-10,15-16H,7-8,11-14H2,1-4H3;2-3,6-7H,4-5,8-10H2,1H3;5-6H,4H2,1-3H3,(H,10,11)/t16-,23+;15-;6-/m101/s1. The lowest BCUT2D eigenvalue weighted by Crippen LogP contribution is -2.54. The molecule has 0 spiro atoms. The van der Waals surface area contributed by atoms with E-state index in [1.165, 1.54) is 16.8 Å². The van der Waals surface area contributed by atoms with Crippen molar-refractivity contribution in [1.82, 2.24) is 9.80 Å². The summed E-state index contributed by atoms with van der Waals surface area (Å²) in [6.45, 7) is 9.61. The average molecular weight is 940 g/mol. The maximum Gasteiger partial charge on any atom is 0.413 e. The molecule has 1 N–H and O–H groups in total. The smallest absolute Gasteiger partial charge is 0.413 e. The minimum atomic E-state index is -1.23. The number of carbonyl (C=O) groups excluding carboxylic acids is 7. The van der Waals surface area contributed by atoms with Crippen molar-refractivity contribution in [3.8, 4) is 0 Å². The second-order valence-corrected chi connectivity index (χ2v) is 17.4. The number of rotatable bonds is 15. The van der Waals surface area contributed by atoms with Crippen LogP contribution < -0.4 is 0 Å². The maximum absolute atomic E-state index is 13.0. The van der Waals surface area contributed by atoms with Crippen molar-refractivity contribution in [1.29, 1.82) is 0 Å². The highest BCUT2D eigenvalue weighted by atomic mass is 35.5. The molecule has 2 amide bonds. The number of ketones is 4. The second kappa shape index (κ2) is 25.7. The van der Waals surface area contributed by atoms with Crippen LogP contribution in [0.3, 0.4) is 0 Å². The second-order valence-electron chi connectivity index (χ2n) is 16.4. The van der Waals surface area contributed by atoms with E-state index < -0.39 is 53.8 Å². The van der Waals surface area contributed by atoms with Gasteiger partial charge in [0.15, 0.2) is 17.6 Å². The van der Waals surface area contributed by atoms with E-state index in [1.807, 2.05) is 6.07 Å². The van der Waals surface area contributed by atoms with Crippen molar-refractivity contribution < 1.29 is 57.7 Å². The summed E-state index contributed by atoms with van der Waals surface area (Å²) in [4.78, 5) is 98.3. The Morgan fingerprint density at radius 1 is 0.635 bits per heavy atom. The summed E-state index contributed by atoms with van der Waals surface area (Å²) in [5, 5.41) is 9.33. The third-order valence-electron chi connectivity index (χ3n) is 11.3. The SMILES string of the molecule is CC(C)C(=O)C[C@@H](C)C(=O)O.CC(C)C(=O)C[C@@H](C)C(=O)OCOC(=O)N(C)[C@]1(c2ccccc2Cl)CCCCC1=O.CN(C(=O)OCCl)[C@]1(c2ccccc2Cl)CCCCC1=O. The normalized spacial score (nSPS) is 19.3. The Kier molecular flexibility index (Phi) is 22.3. The molecule has 0 bridgehead atoms. The van der Waals surface area contributed by atoms with Gasteiger partial charge in [-0.1, -0.05) is 113 Å². The number of aliphatic carboxylic acids is 1.